The summed E-state index contributed by atoms with van der Waals surface area (Å²) in [5.41, 5.74) is 0.952. The molecule has 0 spiro atoms. The predicted molar refractivity (Wildman–Crippen MR) is 103 cm³/mol. The smallest absolute Gasteiger partial charge is 0.236 e. The second-order valence-electron chi connectivity index (χ2n) is 5.33. The van der Waals surface area contributed by atoms with E-state index in [0.29, 0.717) is 21.1 Å². The molecule has 1 aromatic carbocycles. The fourth-order valence-corrected chi connectivity index (χ4v) is 3.59. The molecule has 26 heavy (non-hydrogen) atoms. The monoisotopic (exact) mass is 409 g/mol. The molecule has 0 saturated heterocycles. The molecule has 0 aliphatic carbocycles. The summed E-state index contributed by atoms with van der Waals surface area (Å²) < 4.78 is 7.60. The molecule has 2 aromatic heterocycles. The molecule has 0 atom stereocenters. The fourth-order valence-electron chi connectivity index (χ4n) is 2.08. The molecule has 0 fully saturated rings. The summed E-state index contributed by atoms with van der Waals surface area (Å²) in [6, 6.07) is 5.45. The Morgan fingerprint density at radius 3 is 3.00 bits per heavy atom. The number of thiazole rings is 1. The first-order valence-corrected chi connectivity index (χ1v) is 9.86. The molecule has 0 aliphatic heterocycles. The molecule has 0 bridgehead atoms. The van der Waals surface area contributed by atoms with Crippen LogP contribution >= 0.6 is 34.7 Å². The lowest BCUT2D eigenvalue weighted by molar-refractivity contribution is -0.113. The molecule has 0 radical (unpaired) electrons. The lowest BCUT2D eigenvalue weighted by Crippen LogP contribution is -2.14. The Morgan fingerprint density at radius 2 is 2.27 bits per heavy atom. The van der Waals surface area contributed by atoms with Crippen LogP contribution < -0.4 is 10.1 Å². The number of anilines is 1. The molecule has 136 valence electrons. The van der Waals surface area contributed by atoms with Gasteiger partial charge in [0, 0.05) is 23.6 Å². The average molecular weight is 410 g/mol. The number of amides is 1. The second kappa shape index (κ2) is 8.52. The Labute approximate surface area is 163 Å². The minimum Gasteiger partial charge on any atom is -0.485 e. The van der Waals surface area contributed by atoms with Crippen molar-refractivity contribution in [2.45, 2.75) is 18.7 Å². The van der Waals surface area contributed by atoms with Crippen molar-refractivity contribution in [2.24, 2.45) is 7.05 Å². The number of carbonyl (C=O) groups is 1. The lowest BCUT2D eigenvalue weighted by Gasteiger charge is -2.09. The van der Waals surface area contributed by atoms with Gasteiger partial charge >= 0.3 is 0 Å². The molecule has 1 N–H and O–H groups in total. The summed E-state index contributed by atoms with van der Waals surface area (Å²) in [4.78, 5) is 15.9. The van der Waals surface area contributed by atoms with Crippen molar-refractivity contribution in [1.82, 2.24) is 19.7 Å². The number of halogens is 1. The van der Waals surface area contributed by atoms with Gasteiger partial charge in [0.25, 0.3) is 0 Å². The first-order chi connectivity index (χ1) is 12.5. The third-order valence-corrected chi connectivity index (χ3v) is 5.37. The molecular weight excluding hydrogens is 394 g/mol. The Balaban J connectivity index is 1.54. The van der Waals surface area contributed by atoms with Crippen LogP contribution in [-0.2, 0) is 18.4 Å². The lowest BCUT2D eigenvalue weighted by atomic mass is 10.2. The standard InChI is InChI=1S/C16H16ClN5O2S2/c1-10-7-11(17)3-4-12(10)24-8-13-20-21-16(22(13)2)26-9-14(23)19-15-18-5-6-25-15/h3-7H,8-9H2,1-2H3,(H,18,19,23). The van der Waals surface area contributed by atoms with Crippen molar-refractivity contribution in [3.05, 3.63) is 46.2 Å². The molecule has 3 rings (SSSR count). The van der Waals surface area contributed by atoms with E-state index in [9.17, 15) is 4.79 Å². The van der Waals surface area contributed by atoms with E-state index in [4.69, 9.17) is 16.3 Å². The number of carbonyl (C=O) groups excluding carboxylic acids is 1. The number of nitrogens with zero attached hydrogens (tertiary/aromatic N) is 4. The van der Waals surface area contributed by atoms with Crippen molar-refractivity contribution >= 4 is 45.7 Å². The van der Waals surface area contributed by atoms with Gasteiger partial charge in [-0.05, 0) is 30.7 Å². The van der Waals surface area contributed by atoms with Gasteiger partial charge in [-0.25, -0.2) is 4.98 Å². The van der Waals surface area contributed by atoms with Crippen molar-refractivity contribution in [3.63, 3.8) is 0 Å². The minimum absolute atomic E-state index is 0.137. The van der Waals surface area contributed by atoms with Crippen LogP contribution in [0, 0.1) is 6.92 Å². The van der Waals surface area contributed by atoms with E-state index in [1.807, 2.05) is 30.7 Å². The van der Waals surface area contributed by atoms with E-state index in [1.165, 1.54) is 23.1 Å². The molecule has 10 heteroatoms. The van der Waals surface area contributed by atoms with Crippen molar-refractivity contribution in [3.8, 4) is 5.75 Å². The second-order valence-corrected chi connectivity index (χ2v) is 7.60. The number of ether oxygens (including phenoxy) is 1. The van der Waals surface area contributed by atoms with E-state index in [2.05, 4.69) is 20.5 Å². The number of aromatic nitrogens is 4. The van der Waals surface area contributed by atoms with Gasteiger partial charge in [0.05, 0.1) is 5.75 Å². The summed E-state index contributed by atoms with van der Waals surface area (Å²) in [5, 5.41) is 14.7. The van der Waals surface area contributed by atoms with Crippen LogP contribution in [0.3, 0.4) is 0 Å². The molecule has 7 nitrogen and oxygen atoms in total. The highest BCUT2D eigenvalue weighted by Gasteiger charge is 2.13. The van der Waals surface area contributed by atoms with Crippen molar-refractivity contribution in [2.75, 3.05) is 11.1 Å². The van der Waals surface area contributed by atoms with Crippen LogP contribution in [0.25, 0.3) is 0 Å². The van der Waals surface area contributed by atoms with Gasteiger partial charge in [0.2, 0.25) is 5.91 Å². The maximum Gasteiger partial charge on any atom is 0.236 e. The Morgan fingerprint density at radius 1 is 1.42 bits per heavy atom. The SMILES string of the molecule is Cc1cc(Cl)ccc1OCc1nnc(SCC(=O)Nc2nccs2)n1C. The predicted octanol–water partition coefficient (Wildman–Crippen LogP) is 3.54. The fraction of sp³-hybridized carbons (Fsp3) is 0.250. The normalized spacial score (nSPS) is 10.7. The van der Waals surface area contributed by atoms with Crippen LogP contribution in [0.1, 0.15) is 11.4 Å². The minimum atomic E-state index is -0.137. The van der Waals surface area contributed by atoms with E-state index >= 15 is 0 Å². The van der Waals surface area contributed by atoms with Gasteiger partial charge in [-0.15, -0.1) is 21.5 Å². The molecule has 3 aromatic rings. The van der Waals surface area contributed by atoms with Crippen LogP contribution in [0.4, 0.5) is 5.13 Å². The Bertz CT molecular complexity index is 898. The molecule has 0 aliphatic rings. The zero-order valence-electron chi connectivity index (χ0n) is 14.1. The third kappa shape index (κ3) is 4.75. The van der Waals surface area contributed by atoms with E-state index in [-0.39, 0.29) is 18.3 Å². The van der Waals surface area contributed by atoms with Gasteiger partial charge in [0.15, 0.2) is 16.1 Å². The van der Waals surface area contributed by atoms with Crippen LogP contribution in [0.15, 0.2) is 34.9 Å². The van der Waals surface area contributed by atoms with Crippen molar-refractivity contribution in [1.29, 1.82) is 0 Å². The number of nitrogens with one attached hydrogen (secondary N) is 1. The number of benzene rings is 1. The number of hydrogen-bond acceptors (Lipinski definition) is 7. The number of thioether (sulfide) groups is 1. The van der Waals surface area contributed by atoms with Gasteiger partial charge in [-0.3, -0.25) is 4.79 Å². The number of aryl methyl sites for hydroxylation is 1. The summed E-state index contributed by atoms with van der Waals surface area (Å²) in [7, 11) is 1.84. The molecule has 2 heterocycles. The molecular formula is C16H16ClN5O2S2. The number of hydrogen-bond donors (Lipinski definition) is 1. The van der Waals surface area contributed by atoms with E-state index in [0.717, 1.165) is 11.3 Å². The molecule has 0 unspecified atom stereocenters. The van der Waals surface area contributed by atoms with Gasteiger partial charge in [0.1, 0.15) is 12.4 Å². The summed E-state index contributed by atoms with van der Waals surface area (Å²) >= 11 is 8.63. The van der Waals surface area contributed by atoms with Crippen LogP contribution in [-0.4, -0.2) is 31.4 Å². The first kappa shape index (κ1) is 18.7. The van der Waals surface area contributed by atoms with Gasteiger partial charge in [-0.2, -0.15) is 0 Å². The highest BCUT2D eigenvalue weighted by atomic mass is 35.5. The summed E-state index contributed by atoms with van der Waals surface area (Å²) in [6.07, 6.45) is 1.64. The molecule has 1 amide bonds. The maximum absolute atomic E-state index is 11.9. The van der Waals surface area contributed by atoms with Crippen LogP contribution in [0.5, 0.6) is 5.75 Å². The van der Waals surface area contributed by atoms with Crippen LogP contribution in [0.2, 0.25) is 5.02 Å². The van der Waals surface area contributed by atoms with E-state index < -0.39 is 0 Å². The summed E-state index contributed by atoms with van der Waals surface area (Å²) in [6.45, 7) is 2.21. The summed E-state index contributed by atoms with van der Waals surface area (Å²) in [5.74, 6) is 1.50. The quantitative estimate of drug-likeness (QED) is 0.601. The van der Waals surface area contributed by atoms with Gasteiger partial charge < -0.3 is 14.6 Å². The zero-order valence-corrected chi connectivity index (χ0v) is 16.5. The molecule has 0 saturated carbocycles. The van der Waals surface area contributed by atoms with E-state index in [1.54, 1.807) is 17.6 Å². The number of rotatable bonds is 7. The topological polar surface area (TPSA) is 81.9 Å². The maximum atomic E-state index is 11.9. The largest absolute Gasteiger partial charge is 0.485 e. The Hall–Kier alpha value is -2.10. The van der Waals surface area contributed by atoms with Crippen molar-refractivity contribution < 1.29 is 9.53 Å². The van der Waals surface area contributed by atoms with Gasteiger partial charge in [-0.1, -0.05) is 23.4 Å². The average Bonchev–Trinajstić information content (AvgIpc) is 3.23. The highest BCUT2D eigenvalue weighted by molar-refractivity contribution is 7.99. The third-order valence-electron chi connectivity index (χ3n) is 3.43. The Kier molecular flexibility index (Phi) is 6.12. The highest BCUT2D eigenvalue weighted by Crippen LogP contribution is 2.23. The first-order valence-electron chi connectivity index (χ1n) is 7.62. The zero-order chi connectivity index (χ0) is 18.5.